The normalized spacial score (nSPS) is 10.8. The smallest absolute Gasteiger partial charge is 0.142 e. The van der Waals surface area contributed by atoms with E-state index in [1.165, 1.54) is 4.88 Å². The van der Waals surface area contributed by atoms with Crippen LogP contribution < -0.4 is 10.6 Å². The molecule has 25 heavy (non-hydrogen) atoms. The summed E-state index contributed by atoms with van der Waals surface area (Å²) < 4.78 is 0. The summed E-state index contributed by atoms with van der Waals surface area (Å²) in [5, 5.41) is 7.87. The van der Waals surface area contributed by atoms with E-state index in [1.807, 2.05) is 42.5 Å². The Morgan fingerprint density at radius 1 is 0.840 bits per heavy atom. The van der Waals surface area contributed by atoms with Crippen LogP contribution in [0.25, 0.3) is 10.2 Å². The molecule has 0 unspecified atom stereocenters. The lowest BCUT2D eigenvalue weighted by Gasteiger charge is -2.09. The average Bonchev–Trinajstić information content (AvgIpc) is 3.09. The lowest BCUT2D eigenvalue weighted by Crippen LogP contribution is -1.95. The first-order valence-corrected chi connectivity index (χ1v) is 9.06. The van der Waals surface area contributed by atoms with Crippen molar-refractivity contribution in [3.05, 3.63) is 71.9 Å². The van der Waals surface area contributed by atoms with Crippen molar-refractivity contribution in [2.24, 2.45) is 0 Å². The number of aromatic nitrogens is 2. The molecule has 4 aromatic rings. The number of nitrogens with zero attached hydrogens (tertiary/aromatic N) is 2. The van der Waals surface area contributed by atoms with E-state index in [0.717, 1.165) is 39.5 Å². The van der Waals surface area contributed by atoms with Crippen LogP contribution in [0.4, 0.5) is 22.9 Å². The molecule has 5 heteroatoms. The fraction of sp³-hybridized carbons (Fsp3) is 0.100. The molecular weight excluding hydrogens is 328 g/mol. The number of anilines is 4. The Labute approximate surface area is 150 Å². The molecule has 2 aromatic carbocycles. The van der Waals surface area contributed by atoms with Crippen LogP contribution in [0, 0.1) is 0 Å². The Hall–Kier alpha value is -2.92. The molecule has 4 rings (SSSR count). The molecule has 0 amide bonds. The van der Waals surface area contributed by atoms with E-state index in [1.54, 1.807) is 17.7 Å². The second kappa shape index (κ2) is 6.91. The van der Waals surface area contributed by atoms with Crippen molar-refractivity contribution in [3.8, 4) is 0 Å². The van der Waals surface area contributed by atoms with Gasteiger partial charge in [-0.15, -0.1) is 11.3 Å². The number of aryl methyl sites for hydroxylation is 1. The number of hydrogen-bond acceptors (Lipinski definition) is 5. The number of benzene rings is 2. The molecule has 2 N–H and O–H groups in total. The molecule has 0 radical (unpaired) electrons. The van der Waals surface area contributed by atoms with Crippen LogP contribution in [0.15, 0.2) is 67.0 Å². The second-order valence-corrected chi connectivity index (χ2v) is 6.82. The van der Waals surface area contributed by atoms with Crippen LogP contribution in [0.5, 0.6) is 0 Å². The minimum atomic E-state index is 0.852. The second-order valence-electron chi connectivity index (χ2n) is 5.70. The van der Waals surface area contributed by atoms with Gasteiger partial charge in [-0.2, -0.15) is 0 Å². The summed E-state index contributed by atoms with van der Waals surface area (Å²) in [6.07, 6.45) is 2.63. The quantitative estimate of drug-likeness (QED) is 0.484. The standard InChI is InChI=1S/C20H18N4S/c1-2-17-12-18-19(21-13-22-20(18)25-17)24-16-10-8-15(9-11-16)23-14-6-4-3-5-7-14/h3-13,23H,2H2,1H3,(H,21,22,24). The Morgan fingerprint density at radius 3 is 2.24 bits per heavy atom. The summed E-state index contributed by atoms with van der Waals surface area (Å²) in [7, 11) is 0. The molecule has 0 saturated carbocycles. The van der Waals surface area contributed by atoms with E-state index < -0.39 is 0 Å². The monoisotopic (exact) mass is 346 g/mol. The zero-order chi connectivity index (χ0) is 17.1. The molecule has 124 valence electrons. The van der Waals surface area contributed by atoms with E-state index in [2.05, 4.69) is 45.7 Å². The van der Waals surface area contributed by atoms with Gasteiger partial charge in [0, 0.05) is 21.9 Å². The third kappa shape index (κ3) is 3.46. The van der Waals surface area contributed by atoms with Gasteiger partial charge in [-0.25, -0.2) is 9.97 Å². The summed E-state index contributed by atoms with van der Waals surface area (Å²) in [6.45, 7) is 2.16. The lowest BCUT2D eigenvalue weighted by molar-refractivity contribution is 1.19. The molecule has 0 aliphatic heterocycles. The van der Waals surface area contributed by atoms with Crippen molar-refractivity contribution < 1.29 is 0 Å². The molecule has 2 heterocycles. The maximum atomic E-state index is 4.41. The molecular formula is C20H18N4S. The topological polar surface area (TPSA) is 49.8 Å². The predicted molar refractivity (Wildman–Crippen MR) is 106 cm³/mol. The van der Waals surface area contributed by atoms with Crippen LogP contribution in [-0.4, -0.2) is 9.97 Å². The maximum Gasteiger partial charge on any atom is 0.142 e. The van der Waals surface area contributed by atoms with Gasteiger partial charge in [0.15, 0.2) is 0 Å². The Balaban J connectivity index is 1.54. The van der Waals surface area contributed by atoms with E-state index in [-0.39, 0.29) is 0 Å². The summed E-state index contributed by atoms with van der Waals surface area (Å²) in [5.74, 6) is 0.852. The molecule has 0 atom stereocenters. The molecule has 2 aromatic heterocycles. The highest BCUT2D eigenvalue weighted by Gasteiger charge is 2.08. The predicted octanol–water partition coefficient (Wildman–Crippen LogP) is 5.74. The summed E-state index contributed by atoms with van der Waals surface area (Å²) in [6, 6.07) is 20.5. The minimum Gasteiger partial charge on any atom is -0.356 e. The number of hydrogen-bond donors (Lipinski definition) is 2. The van der Waals surface area contributed by atoms with E-state index >= 15 is 0 Å². The first kappa shape index (κ1) is 15.6. The summed E-state index contributed by atoms with van der Waals surface area (Å²) >= 11 is 1.72. The largest absolute Gasteiger partial charge is 0.356 e. The Kier molecular flexibility index (Phi) is 4.31. The highest BCUT2D eigenvalue weighted by molar-refractivity contribution is 7.18. The number of fused-ring (bicyclic) bond motifs is 1. The van der Waals surface area contributed by atoms with Crippen molar-refractivity contribution in [3.63, 3.8) is 0 Å². The van der Waals surface area contributed by atoms with E-state index in [4.69, 9.17) is 0 Å². The lowest BCUT2D eigenvalue weighted by atomic mass is 10.2. The Bertz CT molecular complexity index is 978. The SMILES string of the molecule is CCc1cc2c(Nc3ccc(Nc4ccccc4)cc3)ncnc2s1. The van der Waals surface area contributed by atoms with Gasteiger partial charge in [-0.05, 0) is 48.9 Å². The van der Waals surface area contributed by atoms with E-state index in [9.17, 15) is 0 Å². The van der Waals surface area contributed by atoms with Crippen LogP contribution >= 0.6 is 11.3 Å². The van der Waals surface area contributed by atoms with Crippen molar-refractivity contribution in [2.75, 3.05) is 10.6 Å². The van der Waals surface area contributed by atoms with Crippen molar-refractivity contribution in [1.82, 2.24) is 9.97 Å². The number of para-hydroxylation sites is 1. The molecule has 0 aliphatic carbocycles. The maximum absolute atomic E-state index is 4.41. The van der Waals surface area contributed by atoms with Gasteiger partial charge in [-0.1, -0.05) is 25.1 Å². The summed E-state index contributed by atoms with van der Waals surface area (Å²) in [4.78, 5) is 11.1. The van der Waals surface area contributed by atoms with Crippen LogP contribution in [-0.2, 0) is 6.42 Å². The van der Waals surface area contributed by atoms with Crippen LogP contribution in [0.1, 0.15) is 11.8 Å². The molecule has 0 bridgehead atoms. The third-order valence-corrected chi connectivity index (χ3v) is 5.13. The number of thiophene rings is 1. The highest BCUT2D eigenvalue weighted by atomic mass is 32.1. The number of rotatable bonds is 5. The molecule has 0 spiro atoms. The minimum absolute atomic E-state index is 0.852. The number of nitrogens with one attached hydrogen (secondary N) is 2. The van der Waals surface area contributed by atoms with Gasteiger partial charge < -0.3 is 10.6 Å². The van der Waals surface area contributed by atoms with Gasteiger partial charge >= 0.3 is 0 Å². The molecule has 0 aliphatic rings. The van der Waals surface area contributed by atoms with Gasteiger partial charge in [0.25, 0.3) is 0 Å². The van der Waals surface area contributed by atoms with Gasteiger partial charge in [0.05, 0.1) is 5.39 Å². The zero-order valence-corrected chi connectivity index (χ0v) is 14.7. The molecule has 0 saturated heterocycles. The van der Waals surface area contributed by atoms with Crippen molar-refractivity contribution in [1.29, 1.82) is 0 Å². The fourth-order valence-corrected chi connectivity index (χ4v) is 3.58. The van der Waals surface area contributed by atoms with Crippen LogP contribution in [0.2, 0.25) is 0 Å². The fourth-order valence-electron chi connectivity index (χ4n) is 2.64. The van der Waals surface area contributed by atoms with Gasteiger partial charge in [0.2, 0.25) is 0 Å². The zero-order valence-electron chi connectivity index (χ0n) is 13.9. The van der Waals surface area contributed by atoms with Gasteiger partial charge in [0.1, 0.15) is 17.0 Å². The highest BCUT2D eigenvalue weighted by Crippen LogP contribution is 2.30. The van der Waals surface area contributed by atoms with Crippen molar-refractivity contribution in [2.45, 2.75) is 13.3 Å². The first-order valence-electron chi connectivity index (χ1n) is 8.24. The van der Waals surface area contributed by atoms with Crippen LogP contribution in [0.3, 0.4) is 0 Å². The van der Waals surface area contributed by atoms with Crippen molar-refractivity contribution >= 4 is 44.4 Å². The third-order valence-electron chi connectivity index (χ3n) is 3.94. The molecule has 4 nitrogen and oxygen atoms in total. The van der Waals surface area contributed by atoms with E-state index in [0.29, 0.717) is 0 Å². The first-order chi connectivity index (χ1) is 12.3. The average molecular weight is 346 g/mol. The summed E-state index contributed by atoms with van der Waals surface area (Å²) in [5.41, 5.74) is 3.13. The van der Waals surface area contributed by atoms with Gasteiger partial charge in [-0.3, -0.25) is 0 Å². The molecule has 0 fully saturated rings. The Morgan fingerprint density at radius 2 is 1.52 bits per heavy atom.